The summed E-state index contributed by atoms with van der Waals surface area (Å²) in [5.41, 5.74) is 2.47. The number of hydrogen-bond donors (Lipinski definition) is 4. The average molecular weight is 374 g/mol. The molecule has 146 valence electrons. The second kappa shape index (κ2) is 8.10. The third-order valence-corrected chi connectivity index (χ3v) is 5.16. The minimum atomic E-state index is -1.14. The van der Waals surface area contributed by atoms with Gasteiger partial charge in [-0.1, -0.05) is 6.07 Å². The molecule has 0 spiro atoms. The highest BCUT2D eigenvalue weighted by molar-refractivity contribution is 5.97. The predicted octanol–water partition coefficient (Wildman–Crippen LogP) is 0.498. The van der Waals surface area contributed by atoms with Crippen LogP contribution in [0.4, 0.5) is 0 Å². The molecule has 1 aliphatic carbocycles. The fourth-order valence-electron chi connectivity index (χ4n) is 3.31. The minimum absolute atomic E-state index is 0.00806. The van der Waals surface area contributed by atoms with Gasteiger partial charge in [-0.25, -0.2) is 0 Å². The maximum atomic E-state index is 12.6. The summed E-state index contributed by atoms with van der Waals surface area (Å²) in [4.78, 5) is 24.4. The van der Waals surface area contributed by atoms with Crippen LogP contribution in [-0.4, -0.2) is 52.9 Å². The number of carbonyl (C=O) groups is 2. The van der Waals surface area contributed by atoms with Crippen LogP contribution in [0.1, 0.15) is 30.4 Å². The number of carbonyl (C=O) groups excluding carboxylic acids is 2. The van der Waals surface area contributed by atoms with E-state index < -0.39 is 30.3 Å². The number of rotatable bonds is 4. The van der Waals surface area contributed by atoms with Gasteiger partial charge in [0.05, 0.1) is 6.10 Å². The van der Waals surface area contributed by atoms with Crippen molar-refractivity contribution < 1.29 is 24.5 Å². The molecule has 2 amide bonds. The highest BCUT2D eigenvalue weighted by Crippen LogP contribution is 2.25. The largest absolute Gasteiger partial charge is 0.484 e. The van der Waals surface area contributed by atoms with E-state index in [9.17, 15) is 19.8 Å². The predicted molar refractivity (Wildman–Crippen MR) is 99.2 cm³/mol. The molecular formula is C20H26N2O5. The molecule has 1 aromatic carbocycles. The topological polar surface area (TPSA) is 108 Å². The Morgan fingerprint density at radius 3 is 2.74 bits per heavy atom. The van der Waals surface area contributed by atoms with Gasteiger partial charge in [0.2, 0.25) is 11.8 Å². The molecule has 1 aliphatic heterocycles. The summed E-state index contributed by atoms with van der Waals surface area (Å²) < 4.78 is 5.82. The lowest BCUT2D eigenvalue weighted by Crippen LogP contribution is -2.51. The van der Waals surface area contributed by atoms with E-state index in [1.807, 2.05) is 26.0 Å². The number of benzene rings is 1. The van der Waals surface area contributed by atoms with Gasteiger partial charge in [0.1, 0.15) is 24.0 Å². The molecule has 2 aliphatic rings. The summed E-state index contributed by atoms with van der Waals surface area (Å²) in [7, 11) is 0. The number of aliphatic hydroxyl groups excluding tert-OH is 2. The number of nitrogens with one attached hydrogen (secondary N) is 2. The molecule has 0 unspecified atom stereocenters. The van der Waals surface area contributed by atoms with E-state index in [1.54, 1.807) is 6.07 Å². The average Bonchev–Trinajstić information content (AvgIpc) is 2.63. The maximum Gasteiger partial charge on any atom is 0.247 e. The summed E-state index contributed by atoms with van der Waals surface area (Å²) in [5, 5.41) is 25.9. The lowest BCUT2D eigenvalue weighted by molar-refractivity contribution is -0.129. The number of hydrogen-bond acceptors (Lipinski definition) is 5. The number of ether oxygens (including phenoxy) is 1. The molecule has 7 nitrogen and oxygen atoms in total. The Hall–Kier alpha value is -2.38. The highest BCUT2D eigenvalue weighted by Gasteiger charge is 2.35. The molecule has 4 atom stereocenters. The second-order valence-corrected chi connectivity index (χ2v) is 7.24. The van der Waals surface area contributed by atoms with Crippen molar-refractivity contribution in [1.82, 2.24) is 10.6 Å². The molecule has 0 saturated carbocycles. The molecule has 7 heteroatoms. The van der Waals surface area contributed by atoms with Gasteiger partial charge in [0, 0.05) is 18.5 Å². The van der Waals surface area contributed by atoms with Gasteiger partial charge < -0.3 is 25.6 Å². The molecule has 27 heavy (non-hydrogen) atoms. The zero-order valence-corrected chi connectivity index (χ0v) is 15.6. The van der Waals surface area contributed by atoms with Gasteiger partial charge in [-0.2, -0.15) is 0 Å². The second-order valence-electron chi connectivity index (χ2n) is 7.24. The molecule has 1 fully saturated rings. The van der Waals surface area contributed by atoms with Crippen molar-refractivity contribution in [1.29, 1.82) is 0 Å². The highest BCUT2D eigenvalue weighted by atomic mass is 16.5. The fraction of sp³-hybridized carbons (Fsp3) is 0.500. The monoisotopic (exact) mass is 374 g/mol. The Morgan fingerprint density at radius 2 is 2.04 bits per heavy atom. The molecule has 1 saturated heterocycles. The van der Waals surface area contributed by atoms with Crippen LogP contribution in [0, 0.1) is 13.8 Å². The van der Waals surface area contributed by atoms with E-state index >= 15 is 0 Å². The summed E-state index contributed by atoms with van der Waals surface area (Å²) in [6.07, 6.45) is -0.185. The van der Waals surface area contributed by atoms with E-state index in [1.165, 1.54) is 6.08 Å². The van der Waals surface area contributed by atoms with Gasteiger partial charge in [-0.3, -0.25) is 9.59 Å². The van der Waals surface area contributed by atoms with Crippen molar-refractivity contribution in [2.45, 2.75) is 57.5 Å². The van der Waals surface area contributed by atoms with Crippen LogP contribution in [0.5, 0.6) is 5.75 Å². The number of amides is 2. The van der Waals surface area contributed by atoms with Gasteiger partial charge in [-0.05, 0) is 56.0 Å². The van der Waals surface area contributed by atoms with Crippen LogP contribution >= 0.6 is 0 Å². The van der Waals surface area contributed by atoms with Crippen LogP contribution in [0.3, 0.4) is 0 Å². The van der Waals surface area contributed by atoms with Gasteiger partial charge in [-0.15, -0.1) is 0 Å². The van der Waals surface area contributed by atoms with Crippen LogP contribution in [0.25, 0.3) is 0 Å². The standard InChI is InChI=1S/C20H26N2O5/c1-11-5-6-14(8-12(11)2)27-17-10-13(9-16(23)18(17)24)19(25)22-15-4-3-7-21-20(15)26/h5-6,8,10,15-18,23-24H,3-4,7,9H2,1-2H3,(H,21,26)(H,22,25)/t15-,16-,17+,18-/m1/s1. The molecular weight excluding hydrogens is 348 g/mol. The summed E-state index contributed by atoms with van der Waals surface area (Å²) >= 11 is 0. The zero-order chi connectivity index (χ0) is 19.6. The number of piperidine rings is 1. The van der Waals surface area contributed by atoms with E-state index in [2.05, 4.69) is 10.6 Å². The van der Waals surface area contributed by atoms with E-state index in [-0.39, 0.29) is 12.3 Å². The van der Waals surface area contributed by atoms with E-state index in [0.29, 0.717) is 24.3 Å². The first-order chi connectivity index (χ1) is 12.8. The number of aryl methyl sites for hydroxylation is 2. The van der Waals surface area contributed by atoms with Crippen LogP contribution in [0.2, 0.25) is 0 Å². The smallest absolute Gasteiger partial charge is 0.247 e. The minimum Gasteiger partial charge on any atom is -0.484 e. The number of aliphatic hydroxyl groups is 2. The van der Waals surface area contributed by atoms with Crippen molar-refractivity contribution in [3.63, 3.8) is 0 Å². The fourth-order valence-corrected chi connectivity index (χ4v) is 3.31. The van der Waals surface area contributed by atoms with Crippen molar-refractivity contribution in [3.05, 3.63) is 41.0 Å². The SMILES string of the molecule is Cc1ccc(O[C@H]2C=C(C(=O)N[C@@H]3CCCNC3=O)C[C@@H](O)[C@H]2O)cc1C. The quantitative estimate of drug-likeness (QED) is 0.614. The van der Waals surface area contributed by atoms with Crippen molar-refractivity contribution >= 4 is 11.8 Å². The molecule has 0 radical (unpaired) electrons. The Labute approximate surface area is 158 Å². The lowest BCUT2D eigenvalue weighted by atomic mass is 9.91. The van der Waals surface area contributed by atoms with Crippen molar-refractivity contribution in [3.8, 4) is 5.75 Å². The van der Waals surface area contributed by atoms with Gasteiger partial charge in [0.15, 0.2) is 0 Å². The molecule has 3 rings (SSSR count). The lowest BCUT2D eigenvalue weighted by Gasteiger charge is -2.31. The van der Waals surface area contributed by atoms with Gasteiger partial charge >= 0.3 is 0 Å². The third kappa shape index (κ3) is 4.48. The van der Waals surface area contributed by atoms with E-state index in [4.69, 9.17) is 4.74 Å². The Balaban J connectivity index is 1.74. The Morgan fingerprint density at radius 1 is 1.26 bits per heavy atom. The van der Waals surface area contributed by atoms with Crippen LogP contribution in [-0.2, 0) is 9.59 Å². The molecule has 0 bridgehead atoms. The summed E-state index contributed by atoms with van der Waals surface area (Å²) in [6.45, 7) is 4.56. The molecule has 0 aromatic heterocycles. The first-order valence-corrected chi connectivity index (χ1v) is 9.24. The van der Waals surface area contributed by atoms with Crippen molar-refractivity contribution in [2.24, 2.45) is 0 Å². The molecule has 1 aromatic rings. The van der Waals surface area contributed by atoms with Crippen LogP contribution in [0.15, 0.2) is 29.8 Å². The summed E-state index contributed by atoms with van der Waals surface area (Å²) in [6, 6.07) is 4.98. The Kier molecular flexibility index (Phi) is 5.82. The van der Waals surface area contributed by atoms with Crippen LogP contribution < -0.4 is 15.4 Å². The molecule has 4 N–H and O–H groups in total. The van der Waals surface area contributed by atoms with E-state index in [0.717, 1.165) is 17.5 Å². The maximum absolute atomic E-state index is 12.6. The summed E-state index contributed by atoms with van der Waals surface area (Å²) in [5.74, 6) is -0.0647. The Bertz CT molecular complexity index is 761. The first-order valence-electron chi connectivity index (χ1n) is 9.24. The molecule has 1 heterocycles. The third-order valence-electron chi connectivity index (χ3n) is 5.16. The zero-order valence-electron chi connectivity index (χ0n) is 15.6. The first kappa shape index (κ1) is 19.4. The normalized spacial score (nSPS) is 28.1. The van der Waals surface area contributed by atoms with Crippen molar-refractivity contribution in [2.75, 3.05) is 6.54 Å². The van der Waals surface area contributed by atoms with Gasteiger partial charge in [0.25, 0.3) is 0 Å².